The van der Waals surface area contributed by atoms with Crippen LogP contribution in [-0.2, 0) is 0 Å². The molecule has 0 aliphatic carbocycles. The average Bonchev–Trinajstić information content (AvgIpc) is 3.52. The molecule has 1 N–H and O–H groups in total. The number of aromatic amines is 1. The Kier molecular flexibility index (Phi) is 3.14. The molecule has 0 amide bonds. The smallest absolute Gasteiger partial charge is 0.135 e. The number of nitrogens with zero attached hydrogens (tertiary/aromatic N) is 1. The summed E-state index contributed by atoms with van der Waals surface area (Å²) in [6, 6.07) is 36.5. The molecule has 3 nitrogen and oxygen atoms in total. The number of H-pyrrole nitrogens is 1. The Morgan fingerprint density at radius 3 is 2.21 bits per heavy atom. The maximum Gasteiger partial charge on any atom is 0.135 e. The van der Waals surface area contributed by atoms with Crippen LogP contribution < -0.4 is 0 Å². The zero-order valence-electron chi connectivity index (χ0n) is 17.7. The van der Waals surface area contributed by atoms with E-state index in [9.17, 15) is 0 Å². The Labute approximate surface area is 188 Å². The summed E-state index contributed by atoms with van der Waals surface area (Å²) in [6.07, 6.45) is 0. The number of fused-ring (bicyclic) bond motifs is 10. The zero-order chi connectivity index (χ0) is 21.5. The number of aromatic nitrogens is 2. The van der Waals surface area contributed by atoms with E-state index in [-0.39, 0.29) is 0 Å². The van der Waals surface area contributed by atoms with E-state index in [4.69, 9.17) is 4.42 Å². The lowest BCUT2D eigenvalue weighted by Crippen LogP contribution is -1.93. The molecule has 0 fully saturated rings. The predicted octanol–water partition coefficient (Wildman–Crippen LogP) is 8.32. The summed E-state index contributed by atoms with van der Waals surface area (Å²) in [6.45, 7) is 0. The molecule has 0 saturated carbocycles. The summed E-state index contributed by atoms with van der Waals surface area (Å²) in [5.41, 5.74) is 7.73. The van der Waals surface area contributed by atoms with Gasteiger partial charge in [-0.1, -0.05) is 54.6 Å². The Morgan fingerprint density at radius 1 is 0.515 bits per heavy atom. The zero-order valence-corrected chi connectivity index (χ0v) is 17.7. The highest BCUT2D eigenvalue weighted by atomic mass is 16.3. The molecule has 0 aliphatic heterocycles. The second-order valence-electron chi connectivity index (χ2n) is 8.68. The van der Waals surface area contributed by atoms with Gasteiger partial charge in [0.25, 0.3) is 0 Å². The lowest BCUT2D eigenvalue weighted by atomic mass is 10.1. The first kappa shape index (κ1) is 17.1. The maximum absolute atomic E-state index is 6.08. The summed E-state index contributed by atoms with van der Waals surface area (Å²) in [4.78, 5) is 3.60. The highest BCUT2D eigenvalue weighted by Crippen LogP contribution is 2.40. The van der Waals surface area contributed by atoms with Crippen LogP contribution >= 0.6 is 0 Å². The highest BCUT2D eigenvalue weighted by Gasteiger charge is 2.18. The van der Waals surface area contributed by atoms with Crippen molar-refractivity contribution < 1.29 is 4.42 Å². The van der Waals surface area contributed by atoms with Crippen LogP contribution in [0.5, 0.6) is 0 Å². The van der Waals surface area contributed by atoms with Crippen molar-refractivity contribution in [2.24, 2.45) is 0 Å². The van der Waals surface area contributed by atoms with Crippen LogP contribution in [-0.4, -0.2) is 9.55 Å². The van der Waals surface area contributed by atoms with Crippen LogP contribution in [0.4, 0.5) is 0 Å². The molecule has 154 valence electrons. The number of para-hydroxylation sites is 3. The van der Waals surface area contributed by atoms with Gasteiger partial charge in [0, 0.05) is 49.0 Å². The third-order valence-corrected chi connectivity index (χ3v) is 6.92. The summed E-state index contributed by atoms with van der Waals surface area (Å²) < 4.78 is 8.46. The van der Waals surface area contributed by atoms with Crippen molar-refractivity contribution in [1.82, 2.24) is 9.55 Å². The van der Waals surface area contributed by atoms with Gasteiger partial charge in [-0.25, -0.2) is 0 Å². The molecule has 0 unspecified atom stereocenters. The molecule has 3 heterocycles. The van der Waals surface area contributed by atoms with E-state index in [0.717, 1.165) is 27.6 Å². The standard InChI is InChI=1S/C30H18N2O/c1-4-10-23-20(8-1)29-24(31-23)14-15-26-30(29)21-9-2-5-11-25(21)32(26)18-13-16-28-22(17-18)19-7-3-6-12-27(19)33-28/h1-17,31H. The van der Waals surface area contributed by atoms with Gasteiger partial charge >= 0.3 is 0 Å². The first-order chi connectivity index (χ1) is 16.4. The van der Waals surface area contributed by atoms with Crippen molar-refractivity contribution in [2.75, 3.05) is 0 Å². The maximum atomic E-state index is 6.08. The lowest BCUT2D eigenvalue weighted by Gasteiger charge is -2.08. The molecule has 8 aromatic rings. The first-order valence-corrected chi connectivity index (χ1v) is 11.2. The number of furan rings is 1. The Morgan fingerprint density at radius 2 is 1.27 bits per heavy atom. The third-order valence-electron chi connectivity index (χ3n) is 6.92. The second kappa shape index (κ2) is 6.05. The minimum Gasteiger partial charge on any atom is -0.456 e. The second-order valence-corrected chi connectivity index (χ2v) is 8.68. The van der Waals surface area contributed by atoms with E-state index in [1.54, 1.807) is 0 Å². The normalized spacial score (nSPS) is 12.2. The fourth-order valence-corrected chi connectivity index (χ4v) is 5.53. The Hall–Kier alpha value is -4.50. The van der Waals surface area contributed by atoms with Crippen molar-refractivity contribution in [3.8, 4) is 5.69 Å². The van der Waals surface area contributed by atoms with Crippen molar-refractivity contribution in [3.05, 3.63) is 103 Å². The SMILES string of the molecule is c1ccc2c(c1)[nH]c1ccc3c(c4ccccc4n3-c3ccc4oc5ccccc5c4c3)c12. The molecule has 0 atom stereocenters. The largest absolute Gasteiger partial charge is 0.456 e. The number of benzene rings is 5. The van der Waals surface area contributed by atoms with Crippen LogP contribution in [0.2, 0.25) is 0 Å². The summed E-state index contributed by atoms with van der Waals surface area (Å²) in [5.74, 6) is 0. The summed E-state index contributed by atoms with van der Waals surface area (Å²) >= 11 is 0. The van der Waals surface area contributed by atoms with Gasteiger partial charge in [0.1, 0.15) is 11.2 Å². The number of nitrogens with one attached hydrogen (secondary N) is 1. The van der Waals surface area contributed by atoms with Crippen molar-refractivity contribution in [3.63, 3.8) is 0 Å². The van der Waals surface area contributed by atoms with Gasteiger partial charge in [-0.15, -0.1) is 0 Å². The van der Waals surface area contributed by atoms with E-state index in [1.807, 2.05) is 12.1 Å². The monoisotopic (exact) mass is 422 g/mol. The molecule has 0 spiro atoms. The van der Waals surface area contributed by atoms with Gasteiger partial charge in [-0.2, -0.15) is 0 Å². The van der Waals surface area contributed by atoms with Gasteiger partial charge in [-0.3, -0.25) is 0 Å². The van der Waals surface area contributed by atoms with Crippen molar-refractivity contribution >= 4 is 65.6 Å². The lowest BCUT2D eigenvalue weighted by molar-refractivity contribution is 0.669. The summed E-state index contributed by atoms with van der Waals surface area (Å²) in [5, 5.41) is 7.39. The third kappa shape index (κ3) is 2.18. The van der Waals surface area contributed by atoms with E-state index in [0.29, 0.717) is 0 Å². The first-order valence-electron chi connectivity index (χ1n) is 11.2. The minimum atomic E-state index is 0.916. The topological polar surface area (TPSA) is 33.9 Å². The molecule has 8 rings (SSSR count). The van der Waals surface area contributed by atoms with Gasteiger partial charge < -0.3 is 14.0 Å². The molecule has 0 aliphatic rings. The quantitative estimate of drug-likeness (QED) is 0.283. The molecular weight excluding hydrogens is 404 g/mol. The summed E-state index contributed by atoms with van der Waals surface area (Å²) in [7, 11) is 0. The van der Waals surface area contributed by atoms with Crippen LogP contribution in [0.15, 0.2) is 108 Å². The van der Waals surface area contributed by atoms with Crippen LogP contribution in [0.3, 0.4) is 0 Å². The Bertz CT molecular complexity index is 2030. The molecule has 3 aromatic heterocycles. The highest BCUT2D eigenvalue weighted by molar-refractivity contribution is 6.28. The van der Waals surface area contributed by atoms with Gasteiger partial charge in [-0.05, 0) is 48.5 Å². The molecule has 0 bridgehead atoms. The van der Waals surface area contributed by atoms with Crippen molar-refractivity contribution in [2.45, 2.75) is 0 Å². The molecule has 33 heavy (non-hydrogen) atoms. The molecule has 5 aromatic carbocycles. The van der Waals surface area contributed by atoms with E-state index < -0.39 is 0 Å². The van der Waals surface area contributed by atoms with E-state index >= 15 is 0 Å². The fraction of sp³-hybridized carbons (Fsp3) is 0. The van der Waals surface area contributed by atoms with Crippen LogP contribution in [0.1, 0.15) is 0 Å². The fourth-order valence-electron chi connectivity index (χ4n) is 5.53. The van der Waals surface area contributed by atoms with Gasteiger partial charge in [0.05, 0.1) is 11.0 Å². The predicted molar refractivity (Wildman–Crippen MR) is 137 cm³/mol. The number of hydrogen-bond acceptors (Lipinski definition) is 1. The van der Waals surface area contributed by atoms with Crippen LogP contribution in [0, 0.1) is 0 Å². The van der Waals surface area contributed by atoms with E-state index in [1.165, 1.54) is 43.6 Å². The van der Waals surface area contributed by atoms with Crippen molar-refractivity contribution in [1.29, 1.82) is 0 Å². The minimum absolute atomic E-state index is 0.916. The molecule has 0 radical (unpaired) electrons. The van der Waals surface area contributed by atoms with Crippen LogP contribution in [0.25, 0.3) is 71.2 Å². The number of hydrogen-bond donors (Lipinski definition) is 1. The molecule has 3 heteroatoms. The van der Waals surface area contributed by atoms with E-state index in [2.05, 4.69) is 101 Å². The number of rotatable bonds is 1. The van der Waals surface area contributed by atoms with Gasteiger partial charge in [0.2, 0.25) is 0 Å². The Balaban J connectivity index is 1.55. The molecule has 0 saturated heterocycles. The molecular formula is C30H18N2O. The van der Waals surface area contributed by atoms with Gasteiger partial charge in [0.15, 0.2) is 0 Å². The average molecular weight is 422 g/mol.